The van der Waals surface area contributed by atoms with Crippen LogP contribution in [0.4, 0.5) is 27.6 Å². The summed E-state index contributed by atoms with van der Waals surface area (Å²) >= 11 is 5.74. The van der Waals surface area contributed by atoms with Gasteiger partial charge in [0.25, 0.3) is 0 Å². The Kier molecular flexibility index (Phi) is 8.32. The molecule has 1 aliphatic heterocycles. The van der Waals surface area contributed by atoms with Crippen molar-refractivity contribution in [2.24, 2.45) is 0 Å². The van der Waals surface area contributed by atoms with Crippen LogP contribution in [-0.2, 0) is 32.7 Å². The van der Waals surface area contributed by atoms with Crippen molar-refractivity contribution in [2.45, 2.75) is 44.2 Å². The van der Waals surface area contributed by atoms with Gasteiger partial charge < -0.3 is 14.8 Å². The van der Waals surface area contributed by atoms with Crippen LogP contribution in [0.3, 0.4) is 0 Å². The van der Waals surface area contributed by atoms with Gasteiger partial charge in [-0.25, -0.2) is 8.78 Å². The average Bonchev–Trinajstić information content (AvgIpc) is 3.44. The molecule has 2 amide bonds. The number of amides is 2. The minimum absolute atomic E-state index is 0.0411. The Bertz CT molecular complexity index is 1640. The monoisotopic (exact) mass is 620 g/mol. The van der Waals surface area contributed by atoms with Gasteiger partial charge in [-0.2, -0.15) is 21.6 Å². The molecule has 9 nitrogen and oxygen atoms in total. The van der Waals surface area contributed by atoms with Gasteiger partial charge in [-0.3, -0.25) is 19.1 Å². The molecule has 0 spiro atoms. The summed E-state index contributed by atoms with van der Waals surface area (Å²) in [5, 5.41) is 2.53. The van der Waals surface area contributed by atoms with E-state index in [1.807, 2.05) is 0 Å². The number of likely N-dealkylation sites (tertiary alicyclic amines) is 1. The molecule has 41 heavy (non-hydrogen) atoms. The van der Waals surface area contributed by atoms with E-state index < -0.39 is 69.9 Å². The number of anilines is 1. The summed E-state index contributed by atoms with van der Waals surface area (Å²) in [5.74, 6) is -2.69. The molecule has 2 N–H and O–H groups in total. The zero-order valence-corrected chi connectivity index (χ0v) is 22.7. The lowest BCUT2D eigenvalue weighted by Crippen LogP contribution is -2.46. The van der Waals surface area contributed by atoms with E-state index in [-0.39, 0.29) is 40.0 Å². The van der Waals surface area contributed by atoms with Gasteiger partial charge in [0.05, 0.1) is 22.8 Å². The maximum atomic E-state index is 14.4. The van der Waals surface area contributed by atoms with E-state index in [1.165, 1.54) is 46.7 Å². The highest BCUT2D eigenvalue weighted by Crippen LogP contribution is 2.30. The molecule has 1 aromatic heterocycles. The Labute approximate surface area is 235 Å². The van der Waals surface area contributed by atoms with Crippen LogP contribution in [-0.4, -0.2) is 59.7 Å². The SMILES string of the molecule is CC(=O)c1cn(CC(=O)N2C[C@H](F)C[C@H]2C(=O)NCc2cccc(Cl)c2F)c2cc(NS(=O)(=O)C(F)(F)F)ccc12. The first-order valence-corrected chi connectivity index (χ1v) is 13.8. The lowest BCUT2D eigenvalue weighted by molar-refractivity contribution is -0.139. The fraction of sp³-hybridized carbons (Fsp3) is 0.320. The van der Waals surface area contributed by atoms with Crippen molar-refractivity contribution in [3.05, 3.63) is 64.6 Å². The van der Waals surface area contributed by atoms with Gasteiger partial charge in [-0.05, 0) is 25.1 Å². The van der Waals surface area contributed by atoms with Crippen molar-refractivity contribution >= 4 is 55.8 Å². The molecule has 1 fully saturated rings. The number of rotatable bonds is 8. The smallest absolute Gasteiger partial charge is 0.350 e. The van der Waals surface area contributed by atoms with Gasteiger partial charge in [0, 0.05) is 35.7 Å². The first-order valence-electron chi connectivity index (χ1n) is 12.0. The molecular weight excluding hydrogens is 599 g/mol. The standard InChI is InChI=1S/C25H22ClF5N4O5S/c1-13(36)18-11-34(20-8-16(5-6-17(18)20)33-41(39,40)25(29,30)31)12-22(37)35-10-15(27)7-21(35)24(38)32-9-14-3-2-4-19(26)23(14)28/h2-6,8,11,15,21,33H,7,9-10,12H2,1H3,(H,32,38)/t15-,21+/m1/s1. The second-order valence-electron chi connectivity index (χ2n) is 9.34. The summed E-state index contributed by atoms with van der Waals surface area (Å²) in [6, 6.07) is 6.22. The number of halogens is 6. The zero-order valence-electron chi connectivity index (χ0n) is 21.1. The highest BCUT2D eigenvalue weighted by atomic mass is 35.5. The lowest BCUT2D eigenvalue weighted by Gasteiger charge is -2.24. The zero-order chi connectivity index (χ0) is 30.3. The molecule has 4 rings (SSSR count). The van der Waals surface area contributed by atoms with E-state index in [0.717, 1.165) is 17.0 Å². The normalized spacial score (nSPS) is 17.6. The third-order valence-electron chi connectivity index (χ3n) is 6.48. The number of sulfonamides is 1. The first-order chi connectivity index (χ1) is 19.1. The minimum Gasteiger partial charge on any atom is -0.350 e. The summed E-state index contributed by atoms with van der Waals surface area (Å²) in [5.41, 5.74) is -5.85. The Morgan fingerprint density at radius 1 is 1.15 bits per heavy atom. The molecule has 0 bridgehead atoms. The first kappa shape index (κ1) is 30.2. The minimum atomic E-state index is -5.75. The predicted octanol–water partition coefficient (Wildman–Crippen LogP) is 4.15. The number of benzene rings is 2. The largest absolute Gasteiger partial charge is 0.516 e. The number of aromatic nitrogens is 1. The summed E-state index contributed by atoms with van der Waals surface area (Å²) in [6.07, 6.45) is -0.619. The second kappa shape index (κ2) is 11.3. The number of fused-ring (bicyclic) bond motifs is 1. The van der Waals surface area contributed by atoms with Crippen molar-refractivity contribution in [3.63, 3.8) is 0 Å². The van der Waals surface area contributed by atoms with Crippen molar-refractivity contribution < 1.29 is 44.8 Å². The fourth-order valence-electron chi connectivity index (χ4n) is 4.51. The summed E-state index contributed by atoms with van der Waals surface area (Å²) < 4.78 is 92.8. The molecule has 3 aromatic rings. The molecular formula is C25H22ClF5N4O5S. The molecule has 1 aliphatic rings. The number of nitrogens with one attached hydrogen (secondary N) is 2. The third-order valence-corrected chi connectivity index (χ3v) is 7.89. The van der Waals surface area contributed by atoms with Gasteiger partial charge in [-0.1, -0.05) is 29.8 Å². The average molecular weight is 621 g/mol. The highest BCUT2D eigenvalue weighted by Gasteiger charge is 2.46. The van der Waals surface area contributed by atoms with Crippen LogP contribution < -0.4 is 10.0 Å². The molecule has 16 heteroatoms. The number of hydrogen-bond donors (Lipinski definition) is 2. The van der Waals surface area contributed by atoms with Gasteiger partial charge in [-0.15, -0.1) is 0 Å². The van der Waals surface area contributed by atoms with Crippen LogP contribution in [0.25, 0.3) is 10.9 Å². The molecule has 0 aliphatic carbocycles. The van der Waals surface area contributed by atoms with Crippen molar-refractivity contribution in [2.75, 3.05) is 11.3 Å². The molecule has 220 valence electrons. The van der Waals surface area contributed by atoms with E-state index in [0.29, 0.717) is 0 Å². The lowest BCUT2D eigenvalue weighted by atomic mass is 10.1. The van der Waals surface area contributed by atoms with Crippen molar-refractivity contribution in [1.82, 2.24) is 14.8 Å². The Hall–Kier alpha value is -3.72. The quantitative estimate of drug-likeness (QED) is 0.290. The van der Waals surface area contributed by atoms with Gasteiger partial charge >= 0.3 is 15.5 Å². The number of Topliss-reactive ketones (excluding diaryl/α,β-unsaturated/α-hetero) is 1. The number of nitrogens with zero attached hydrogens (tertiary/aromatic N) is 2. The predicted molar refractivity (Wildman–Crippen MR) is 139 cm³/mol. The number of ketones is 1. The number of hydrogen-bond acceptors (Lipinski definition) is 5. The third kappa shape index (κ3) is 6.30. The Morgan fingerprint density at radius 2 is 1.85 bits per heavy atom. The summed E-state index contributed by atoms with van der Waals surface area (Å²) in [7, 11) is -5.75. The van der Waals surface area contributed by atoms with Crippen LogP contribution in [0.15, 0.2) is 42.6 Å². The Morgan fingerprint density at radius 3 is 2.51 bits per heavy atom. The van der Waals surface area contributed by atoms with Crippen molar-refractivity contribution in [3.8, 4) is 0 Å². The maximum Gasteiger partial charge on any atom is 0.516 e. The van der Waals surface area contributed by atoms with Crippen LogP contribution >= 0.6 is 11.6 Å². The molecule has 0 unspecified atom stereocenters. The van der Waals surface area contributed by atoms with Gasteiger partial charge in [0.15, 0.2) is 5.78 Å². The number of carbonyl (C=O) groups is 3. The molecule has 2 atom stereocenters. The van der Waals surface area contributed by atoms with Crippen LogP contribution in [0.1, 0.15) is 29.3 Å². The van der Waals surface area contributed by atoms with Crippen LogP contribution in [0, 0.1) is 5.82 Å². The molecule has 2 heterocycles. The number of alkyl halides is 4. The fourth-order valence-corrected chi connectivity index (χ4v) is 5.26. The van der Waals surface area contributed by atoms with E-state index >= 15 is 0 Å². The molecule has 0 saturated carbocycles. The molecule has 1 saturated heterocycles. The van der Waals surface area contributed by atoms with E-state index in [1.54, 1.807) is 0 Å². The second-order valence-corrected chi connectivity index (χ2v) is 11.4. The topological polar surface area (TPSA) is 118 Å². The van der Waals surface area contributed by atoms with Gasteiger partial charge in [0.1, 0.15) is 24.6 Å². The van der Waals surface area contributed by atoms with Crippen LogP contribution in [0.2, 0.25) is 5.02 Å². The van der Waals surface area contributed by atoms with E-state index in [2.05, 4.69) is 5.32 Å². The number of carbonyl (C=O) groups excluding carboxylic acids is 3. The van der Waals surface area contributed by atoms with E-state index in [9.17, 15) is 44.8 Å². The maximum absolute atomic E-state index is 14.4. The van der Waals surface area contributed by atoms with Crippen molar-refractivity contribution in [1.29, 1.82) is 0 Å². The summed E-state index contributed by atoms with van der Waals surface area (Å²) in [6.45, 7) is -0.0451. The Balaban J connectivity index is 1.58. The molecule has 0 radical (unpaired) electrons. The van der Waals surface area contributed by atoms with Gasteiger partial charge in [0.2, 0.25) is 11.8 Å². The highest BCUT2D eigenvalue weighted by molar-refractivity contribution is 7.93. The van der Waals surface area contributed by atoms with Crippen LogP contribution in [0.5, 0.6) is 0 Å². The summed E-state index contributed by atoms with van der Waals surface area (Å²) in [4.78, 5) is 39.3. The molecule has 2 aromatic carbocycles. The van der Waals surface area contributed by atoms with E-state index in [4.69, 9.17) is 11.6 Å².